The van der Waals surface area contributed by atoms with E-state index in [1.807, 2.05) is 32.0 Å². The third-order valence-corrected chi connectivity index (χ3v) is 5.24. The molecule has 2 heterocycles. The first-order valence-electron chi connectivity index (χ1n) is 9.51. The molecule has 29 heavy (non-hydrogen) atoms. The number of H-pyrrole nitrogens is 1. The molecule has 8 nitrogen and oxygen atoms in total. The summed E-state index contributed by atoms with van der Waals surface area (Å²) < 4.78 is 7.77. The van der Waals surface area contributed by atoms with Crippen molar-refractivity contribution in [2.75, 3.05) is 17.2 Å². The van der Waals surface area contributed by atoms with Crippen molar-refractivity contribution in [3.05, 3.63) is 55.3 Å². The summed E-state index contributed by atoms with van der Waals surface area (Å²) in [6.07, 6.45) is 2.11. The lowest BCUT2D eigenvalue weighted by atomic mass is 10.2. The molecule has 2 aromatic heterocycles. The molecule has 0 atom stereocenters. The van der Waals surface area contributed by atoms with E-state index in [2.05, 4.69) is 20.9 Å². The number of hydrogen-bond donors (Lipinski definition) is 2. The Hall–Kier alpha value is -2.81. The molecule has 0 radical (unpaired) electrons. The monoisotopic (exact) mass is 462 g/mol. The maximum Gasteiger partial charge on any atom is 0.330 e. The second-order valence-electron chi connectivity index (χ2n) is 6.72. The second-order valence-corrected chi connectivity index (χ2v) is 7.58. The number of rotatable bonds is 7. The largest absolute Gasteiger partial charge is 0.450 e. The SMILES string of the molecule is CCCCN(C(=O)c1cc2cccc(Br)c2o1)c1c(N)n(CCC)c(=O)[nH]c1=O. The van der Waals surface area contributed by atoms with Crippen LogP contribution in [0.2, 0.25) is 0 Å². The van der Waals surface area contributed by atoms with Crippen molar-refractivity contribution in [2.45, 2.75) is 39.7 Å². The van der Waals surface area contributed by atoms with Crippen molar-refractivity contribution in [1.29, 1.82) is 0 Å². The predicted octanol–water partition coefficient (Wildman–Crippen LogP) is 3.48. The Morgan fingerprint density at radius 1 is 1.28 bits per heavy atom. The van der Waals surface area contributed by atoms with Gasteiger partial charge in [-0.15, -0.1) is 0 Å². The highest BCUT2D eigenvalue weighted by Crippen LogP contribution is 2.29. The third-order valence-electron chi connectivity index (χ3n) is 4.62. The topological polar surface area (TPSA) is 114 Å². The lowest BCUT2D eigenvalue weighted by molar-refractivity contribution is 0.0961. The normalized spacial score (nSPS) is 11.1. The molecule has 3 N–H and O–H groups in total. The lowest BCUT2D eigenvalue weighted by Crippen LogP contribution is -2.41. The van der Waals surface area contributed by atoms with Gasteiger partial charge >= 0.3 is 5.69 Å². The highest BCUT2D eigenvalue weighted by molar-refractivity contribution is 9.10. The maximum absolute atomic E-state index is 13.3. The summed E-state index contributed by atoms with van der Waals surface area (Å²) in [5.74, 6) is -0.419. The Balaban J connectivity index is 2.14. The number of nitrogens with two attached hydrogens (primary N) is 1. The van der Waals surface area contributed by atoms with Gasteiger partial charge in [0.05, 0.1) is 4.47 Å². The summed E-state index contributed by atoms with van der Waals surface area (Å²) in [5, 5.41) is 0.760. The van der Waals surface area contributed by atoms with E-state index in [4.69, 9.17) is 10.2 Å². The molecule has 0 fully saturated rings. The van der Waals surface area contributed by atoms with Crippen LogP contribution in [0, 0.1) is 0 Å². The number of carbonyl (C=O) groups excluding carboxylic acids is 1. The molecule has 0 aliphatic heterocycles. The first kappa shape index (κ1) is 20.9. The van der Waals surface area contributed by atoms with Crippen LogP contribution < -0.4 is 21.9 Å². The number of para-hydroxylation sites is 1. The molecule has 1 amide bonds. The van der Waals surface area contributed by atoms with Crippen molar-refractivity contribution >= 4 is 44.3 Å². The van der Waals surface area contributed by atoms with Crippen LogP contribution in [-0.4, -0.2) is 22.0 Å². The lowest BCUT2D eigenvalue weighted by Gasteiger charge is -2.23. The fraction of sp³-hybridized carbons (Fsp3) is 0.350. The molecule has 0 spiro atoms. The number of anilines is 2. The molecule has 3 aromatic rings. The molecule has 9 heteroatoms. The Bertz CT molecular complexity index is 1160. The molecule has 154 valence electrons. The van der Waals surface area contributed by atoms with Gasteiger partial charge in [0, 0.05) is 18.5 Å². The van der Waals surface area contributed by atoms with E-state index in [0.717, 1.165) is 16.3 Å². The zero-order valence-electron chi connectivity index (χ0n) is 16.3. The number of fused-ring (bicyclic) bond motifs is 1. The molecule has 1 aromatic carbocycles. The van der Waals surface area contributed by atoms with Crippen LogP contribution in [0.4, 0.5) is 11.5 Å². The number of hydrogen-bond acceptors (Lipinski definition) is 5. The van der Waals surface area contributed by atoms with E-state index in [1.54, 1.807) is 6.07 Å². The molecular weight excluding hydrogens is 440 g/mol. The summed E-state index contributed by atoms with van der Waals surface area (Å²) in [7, 11) is 0. The Kier molecular flexibility index (Phi) is 6.26. The van der Waals surface area contributed by atoms with Gasteiger partial charge in [-0.25, -0.2) is 4.79 Å². The summed E-state index contributed by atoms with van der Waals surface area (Å²) in [6.45, 7) is 4.47. The number of nitrogens with one attached hydrogen (secondary N) is 1. The number of halogens is 1. The number of carbonyl (C=O) groups is 1. The fourth-order valence-corrected chi connectivity index (χ4v) is 3.64. The Morgan fingerprint density at radius 3 is 2.69 bits per heavy atom. The first-order chi connectivity index (χ1) is 13.9. The zero-order chi connectivity index (χ0) is 21.1. The number of aromatic amines is 1. The quantitative estimate of drug-likeness (QED) is 0.557. The number of benzene rings is 1. The number of furan rings is 1. The van der Waals surface area contributed by atoms with Gasteiger partial charge in [0.25, 0.3) is 11.5 Å². The van der Waals surface area contributed by atoms with Crippen LogP contribution in [-0.2, 0) is 6.54 Å². The number of amides is 1. The van der Waals surface area contributed by atoms with Gasteiger partial charge in [-0.1, -0.05) is 32.4 Å². The van der Waals surface area contributed by atoms with Crippen molar-refractivity contribution in [3.8, 4) is 0 Å². The van der Waals surface area contributed by atoms with Gasteiger partial charge in [0.2, 0.25) is 0 Å². The van der Waals surface area contributed by atoms with Crippen LogP contribution in [0.1, 0.15) is 43.7 Å². The van der Waals surface area contributed by atoms with Crippen molar-refractivity contribution in [1.82, 2.24) is 9.55 Å². The minimum absolute atomic E-state index is 0.0256. The highest BCUT2D eigenvalue weighted by Gasteiger charge is 2.27. The van der Waals surface area contributed by atoms with Crippen molar-refractivity contribution in [3.63, 3.8) is 0 Å². The number of nitrogens with zero attached hydrogens (tertiary/aromatic N) is 2. The summed E-state index contributed by atoms with van der Waals surface area (Å²) >= 11 is 3.41. The van der Waals surface area contributed by atoms with Gasteiger partial charge < -0.3 is 10.2 Å². The smallest absolute Gasteiger partial charge is 0.330 e. The second kappa shape index (κ2) is 8.69. The van der Waals surface area contributed by atoms with E-state index in [0.29, 0.717) is 25.0 Å². The minimum Gasteiger partial charge on any atom is -0.450 e. The molecule has 0 aliphatic carbocycles. The van der Waals surface area contributed by atoms with Gasteiger partial charge in [-0.3, -0.25) is 24.0 Å². The van der Waals surface area contributed by atoms with E-state index < -0.39 is 17.2 Å². The minimum atomic E-state index is -0.693. The summed E-state index contributed by atoms with van der Waals surface area (Å²) in [5.41, 5.74) is 5.40. The standard InChI is InChI=1S/C20H23BrN4O4/c1-3-5-10-24(15-17(22)25(9-4-2)20(28)23-18(15)26)19(27)14-11-12-7-6-8-13(21)16(12)29-14/h6-8,11H,3-5,9-10,22H2,1-2H3,(H,23,26,28). The van der Waals surface area contributed by atoms with Crippen LogP contribution in [0.5, 0.6) is 0 Å². The predicted molar refractivity (Wildman–Crippen MR) is 117 cm³/mol. The molecule has 0 aliphatic rings. The van der Waals surface area contributed by atoms with Gasteiger partial charge in [0.15, 0.2) is 11.4 Å². The van der Waals surface area contributed by atoms with Gasteiger partial charge in [-0.2, -0.15) is 0 Å². The molecule has 0 saturated heterocycles. The van der Waals surface area contributed by atoms with E-state index >= 15 is 0 Å². The van der Waals surface area contributed by atoms with Gasteiger partial charge in [-0.05, 0) is 40.9 Å². The van der Waals surface area contributed by atoms with Crippen LogP contribution in [0.25, 0.3) is 11.0 Å². The van der Waals surface area contributed by atoms with E-state index in [-0.39, 0.29) is 23.8 Å². The highest BCUT2D eigenvalue weighted by atomic mass is 79.9. The Labute approximate surface area is 175 Å². The summed E-state index contributed by atoms with van der Waals surface area (Å²) in [6, 6.07) is 7.12. The molecular formula is C20H23BrN4O4. The number of unbranched alkanes of at least 4 members (excludes halogenated alkanes) is 1. The fourth-order valence-electron chi connectivity index (χ4n) is 3.18. The van der Waals surface area contributed by atoms with Crippen LogP contribution >= 0.6 is 15.9 Å². The first-order valence-corrected chi connectivity index (χ1v) is 10.3. The van der Waals surface area contributed by atoms with Crippen molar-refractivity contribution < 1.29 is 9.21 Å². The average molecular weight is 463 g/mol. The molecule has 0 saturated carbocycles. The third kappa shape index (κ3) is 4.00. The van der Waals surface area contributed by atoms with Crippen LogP contribution in [0.15, 0.2) is 42.7 Å². The van der Waals surface area contributed by atoms with E-state index in [1.165, 1.54) is 9.47 Å². The van der Waals surface area contributed by atoms with Crippen LogP contribution in [0.3, 0.4) is 0 Å². The van der Waals surface area contributed by atoms with Gasteiger partial charge in [0.1, 0.15) is 11.4 Å². The molecule has 3 rings (SSSR count). The number of nitrogen functional groups attached to an aromatic ring is 1. The molecule has 0 bridgehead atoms. The maximum atomic E-state index is 13.3. The van der Waals surface area contributed by atoms with Crippen molar-refractivity contribution in [2.24, 2.45) is 0 Å². The number of aromatic nitrogens is 2. The summed E-state index contributed by atoms with van der Waals surface area (Å²) in [4.78, 5) is 41.6. The van der Waals surface area contributed by atoms with E-state index in [9.17, 15) is 14.4 Å². The zero-order valence-corrected chi connectivity index (χ0v) is 17.9. The molecule has 0 unspecified atom stereocenters. The Morgan fingerprint density at radius 2 is 2.03 bits per heavy atom. The average Bonchev–Trinajstić information content (AvgIpc) is 3.13.